The van der Waals surface area contributed by atoms with Crippen LogP contribution in [0.4, 0.5) is 5.69 Å². The number of hydrogen-bond donors (Lipinski definition) is 0. The number of benzene rings is 1. The molecule has 6 nitrogen and oxygen atoms in total. The summed E-state index contributed by atoms with van der Waals surface area (Å²) in [5.41, 5.74) is 1.17. The van der Waals surface area contributed by atoms with Gasteiger partial charge < -0.3 is 14.5 Å². The van der Waals surface area contributed by atoms with Gasteiger partial charge in [0.05, 0.1) is 17.8 Å². The largest absolute Gasteiger partial charge is 0.476 e. The van der Waals surface area contributed by atoms with Crippen molar-refractivity contribution in [1.82, 2.24) is 9.88 Å². The maximum atomic E-state index is 13.2. The average molecular weight is 357 g/mol. The summed E-state index contributed by atoms with van der Waals surface area (Å²) in [7, 11) is 3.34. The molecule has 0 unspecified atom stereocenters. The lowest BCUT2D eigenvalue weighted by Crippen LogP contribution is -2.50. The van der Waals surface area contributed by atoms with E-state index in [-0.39, 0.29) is 18.4 Å². The van der Waals surface area contributed by atoms with Gasteiger partial charge in [0.15, 0.2) is 6.10 Å². The lowest BCUT2D eigenvalue weighted by Gasteiger charge is -2.35. The van der Waals surface area contributed by atoms with E-state index in [1.807, 2.05) is 24.5 Å². The number of anilines is 1. The minimum Gasteiger partial charge on any atom is -0.476 e. The molecule has 1 aliphatic heterocycles. The van der Waals surface area contributed by atoms with Gasteiger partial charge in [-0.25, -0.2) is 4.98 Å². The van der Waals surface area contributed by atoms with Crippen LogP contribution in [-0.4, -0.2) is 54.7 Å². The van der Waals surface area contributed by atoms with Gasteiger partial charge in [-0.3, -0.25) is 9.59 Å². The van der Waals surface area contributed by atoms with Crippen LogP contribution >= 0.6 is 11.8 Å². The number of likely N-dealkylation sites (N-methyl/N-ethyl adjacent to an activating group) is 1. The molecule has 0 radical (unpaired) electrons. The molecule has 0 saturated heterocycles. The molecule has 0 N–H and O–H groups in total. The van der Waals surface area contributed by atoms with Crippen molar-refractivity contribution in [2.75, 3.05) is 31.8 Å². The highest BCUT2D eigenvalue weighted by atomic mass is 32.2. The minimum absolute atomic E-state index is 0.162. The number of fused-ring (bicyclic) bond motifs is 1. The molecular formula is C18H19N3O3S. The number of thioether (sulfide) groups is 1. The number of para-hydroxylation sites is 2. The summed E-state index contributed by atoms with van der Waals surface area (Å²) >= 11 is 1.42. The summed E-state index contributed by atoms with van der Waals surface area (Å²) in [5, 5.41) is 0.659. The first-order valence-corrected chi connectivity index (χ1v) is 9.03. The smallest absolute Gasteiger partial charge is 0.265 e. The molecule has 25 heavy (non-hydrogen) atoms. The van der Waals surface area contributed by atoms with E-state index >= 15 is 0 Å². The van der Waals surface area contributed by atoms with Gasteiger partial charge in [0.2, 0.25) is 0 Å². The number of pyridine rings is 1. The maximum Gasteiger partial charge on any atom is 0.265 e. The van der Waals surface area contributed by atoms with Crippen LogP contribution < -0.4 is 9.64 Å². The minimum atomic E-state index is -0.733. The average Bonchev–Trinajstić information content (AvgIpc) is 2.65. The van der Waals surface area contributed by atoms with Crippen molar-refractivity contribution < 1.29 is 14.3 Å². The molecule has 0 fully saturated rings. The zero-order valence-corrected chi connectivity index (χ0v) is 15.1. The number of nitrogens with zero attached hydrogens (tertiary/aromatic N) is 3. The van der Waals surface area contributed by atoms with E-state index in [1.165, 1.54) is 16.7 Å². The van der Waals surface area contributed by atoms with Gasteiger partial charge in [0, 0.05) is 20.3 Å². The molecule has 0 bridgehead atoms. The Labute approximate surface area is 150 Å². The number of hydrogen-bond acceptors (Lipinski definition) is 5. The van der Waals surface area contributed by atoms with Crippen molar-refractivity contribution in [1.29, 1.82) is 0 Å². The molecule has 1 aliphatic rings. The molecule has 0 aliphatic carbocycles. The van der Waals surface area contributed by atoms with Crippen molar-refractivity contribution in [2.24, 2.45) is 0 Å². The standard InChI is InChI=1S/C18H19N3O3S/c1-20(2)18(23)15-11-21(13-8-4-5-9-14(13)24-15)17(22)12-7-6-10-19-16(12)25-3/h4-10,15H,11H2,1-3H3/t15-/m0/s1. The normalized spacial score (nSPS) is 16.0. The second-order valence-electron chi connectivity index (χ2n) is 5.78. The number of ether oxygens (including phenoxy) is 1. The van der Waals surface area contributed by atoms with E-state index in [0.717, 1.165) is 0 Å². The van der Waals surface area contributed by atoms with Gasteiger partial charge in [0.1, 0.15) is 10.8 Å². The molecule has 1 aromatic heterocycles. The third-order valence-electron chi connectivity index (χ3n) is 3.93. The SMILES string of the molecule is CSc1ncccc1C(=O)N1C[C@@H](C(=O)N(C)C)Oc2ccccc21. The number of carbonyl (C=O) groups is 2. The Morgan fingerprint density at radius 3 is 2.72 bits per heavy atom. The quantitative estimate of drug-likeness (QED) is 0.789. The summed E-state index contributed by atoms with van der Waals surface area (Å²) in [5.74, 6) is 0.158. The molecule has 7 heteroatoms. The van der Waals surface area contributed by atoms with Crippen LogP contribution in [0.15, 0.2) is 47.6 Å². The first kappa shape index (κ1) is 17.3. The van der Waals surface area contributed by atoms with Crippen molar-refractivity contribution in [2.45, 2.75) is 11.1 Å². The fourth-order valence-corrected chi connectivity index (χ4v) is 3.25. The number of carbonyl (C=O) groups excluding carboxylic acids is 2. The summed E-state index contributed by atoms with van der Waals surface area (Å²) in [6, 6.07) is 10.7. The second kappa shape index (κ2) is 7.14. The zero-order valence-electron chi connectivity index (χ0n) is 14.3. The molecule has 130 valence electrons. The van der Waals surface area contributed by atoms with Crippen LogP contribution in [0, 0.1) is 0 Å². The number of rotatable bonds is 3. The van der Waals surface area contributed by atoms with Gasteiger partial charge >= 0.3 is 0 Å². The molecule has 2 aromatic rings. The lowest BCUT2D eigenvalue weighted by atomic mass is 10.1. The van der Waals surface area contributed by atoms with Gasteiger partial charge in [-0.2, -0.15) is 0 Å². The summed E-state index contributed by atoms with van der Waals surface area (Å²) in [6.45, 7) is 0.162. The Hall–Kier alpha value is -2.54. The molecule has 0 saturated carbocycles. The summed E-state index contributed by atoms with van der Waals surface area (Å²) < 4.78 is 5.82. The van der Waals surface area contributed by atoms with E-state index in [1.54, 1.807) is 43.4 Å². The molecule has 1 atom stereocenters. The predicted molar refractivity (Wildman–Crippen MR) is 97.2 cm³/mol. The van der Waals surface area contributed by atoms with Crippen molar-refractivity contribution in [3.8, 4) is 5.75 Å². The Balaban J connectivity index is 2.01. The first-order chi connectivity index (χ1) is 12.0. The molecule has 0 spiro atoms. The maximum absolute atomic E-state index is 13.2. The van der Waals surface area contributed by atoms with E-state index in [0.29, 0.717) is 22.0 Å². The van der Waals surface area contributed by atoms with E-state index < -0.39 is 6.10 Å². The Bertz CT molecular complexity index is 810. The Morgan fingerprint density at radius 2 is 2.00 bits per heavy atom. The van der Waals surface area contributed by atoms with Crippen LogP contribution in [-0.2, 0) is 4.79 Å². The van der Waals surface area contributed by atoms with Crippen molar-refractivity contribution >= 4 is 29.3 Å². The summed E-state index contributed by atoms with van der Waals surface area (Å²) in [6.07, 6.45) is 2.81. The van der Waals surface area contributed by atoms with E-state index in [4.69, 9.17) is 4.74 Å². The van der Waals surface area contributed by atoms with Crippen LogP contribution in [0.3, 0.4) is 0 Å². The highest BCUT2D eigenvalue weighted by molar-refractivity contribution is 7.98. The fraction of sp³-hybridized carbons (Fsp3) is 0.278. The van der Waals surface area contributed by atoms with Gasteiger partial charge in [-0.15, -0.1) is 11.8 Å². The topological polar surface area (TPSA) is 62.7 Å². The monoisotopic (exact) mass is 357 g/mol. The van der Waals surface area contributed by atoms with Gasteiger partial charge in [0.25, 0.3) is 11.8 Å². The molecule has 2 amide bonds. The third kappa shape index (κ3) is 3.32. The highest BCUT2D eigenvalue weighted by Gasteiger charge is 2.35. The fourth-order valence-electron chi connectivity index (χ4n) is 2.70. The molecular weight excluding hydrogens is 338 g/mol. The number of amides is 2. The van der Waals surface area contributed by atoms with Crippen molar-refractivity contribution in [3.63, 3.8) is 0 Å². The Kier molecular flexibility index (Phi) is 4.94. The van der Waals surface area contributed by atoms with E-state index in [9.17, 15) is 9.59 Å². The molecule has 3 rings (SSSR count). The van der Waals surface area contributed by atoms with Crippen molar-refractivity contribution in [3.05, 3.63) is 48.2 Å². The number of aromatic nitrogens is 1. The third-order valence-corrected chi connectivity index (χ3v) is 4.64. The summed E-state index contributed by atoms with van der Waals surface area (Å²) in [4.78, 5) is 32.9. The second-order valence-corrected chi connectivity index (χ2v) is 6.58. The molecule has 1 aromatic carbocycles. The Morgan fingerprint density at radius 1 is 1.24 bits per heavy atom. The zero-order chi connectivity index (χ0) is 18.0. The van der Waals surface area contributed by atoms with Gasteiger partial charge in [-0.1, -0.05) is 12.1 Å². The molecule has 2 heterocycles. The van der Waals surface area contributed by atoms with Crippen LogP contribution in [0.5, 0.6) is 5.75 Å². The first-order valence-electron chi connectivity index (χ1n) is 7.80. The van der Waals surface area contributed by atoms with Crippen LogP contribution in [0.2, 0.25) is 0 Å². The predicted octanol–water partition coefficient (Wildman–Crippen LogP) is 2.30. The highest BCUT2D eigenvalue weighted by Crippen LogP contribution is 2.35. The lowest BCUT2D eigenvalue weighted by molar-refractivity contribution is -0.135. The van der Waals surface area contributed by atoms with E-state index in [2.05, 4.69) is 4.98 Å². The van der Waals surface area contributed by atoms with Crippen LogP contribution in [0.25, 0.3) is 0 Å². The van der Waals surface area contributed by atoms with Gasteiger partial charge in [-0.05, 0) is 30.5 Å². The van der Waals surface area contributed by atoms with Crippen LogP contribution in [0.1, 0.15) is 10.4 Å².